The quantitative estimate of drug-likeness (QED) is 0.916. The zero-order chi connectivity index (χ0) is 13.1. The molecule has 0 fully saturated rings. The van der Waals surface area contributed by atoms with Crippen molar-refractivity contribution in [1.29, 1.82) is 0 Å². The smallest absolute Gasteiger partial charge is 0.142 e. The number of rotatable bonds is 3. The molecule has 0 aliphatic rings. The minimum atomic E-state index is -0.556. The average Bonchev–Trinajstić information content (AvgIpc) is 2.33. The van der Waals surface area contributed by atoms with Crippen LogP contribution >= 0.6 is 11.6 Å². The summed E-state index contributed by atoms with van der Waals surface area (Å²) in [5.74, 6) is -0.582. The van der Waals surface area contributed by atoms with E-state index in [9.17, 15) is 8.78 Å². The van der Waals surface area contributed by atoms with Gasteiger partial charge in [0.15, 0.2) is 0 Å². The number of hydrogen-bond donors (Lipinski definition) is 1. The minimum Gasteiger partial charge on any atom is -0.457 e. The molecule has 0 saturated carbocycles. The summed E-state index contributed by atoms with van der Waals surface area (Å²) >= 11 is 5.60. The Morgan fingerprint density at radius 2 is 1.83 bits per heavy atom. The van der Waals surface area contributed by atoms with Gasteiger partial charge in [-0.3, -0.25) is 0 Å². The Morgan fingerprint density at radius 3 is 2.50 bits per heavy atom. The molecule has 0 unspecified atom stereocenters. The second-order valence-corrected chi connectivity index (χ2v) is 4.04. The fourth-order valence-electron chi connectivity index (χ4n) is 1.45. The van der Waals surface area contributed by atoms with Crippen molar-refractivity contribution < 1.29 is 18.6 Å². The summed E-state index contributed by atoms with van der Waals surface area (Å²) in [4.78, 5) is 0. The predicted molar refractivity (Wildman–Crippen MR) is 63.8 cm³/mol. The van der Waals surface area contributed by atoms with Crippen LogP contribution in [0.3, 0.4) is 0 Å². The van der Waals surface area contributed by atoms with E-state index in [1.807, 2.05) is 0 Å². The highest BCUT2D eigenvalue weighted by molar-refractivity contribution is 6.30. The van der Waals surface area contributed by atoms with E-state index in [0.717, 1.165) is 12.1 Å². The van der Waals surface area contributed by atoms with Crippen molar-refractivity contribution in [3.63, 3.8) is 0 Å². The van der Waals surface area contributed by atoms with E-state index >= 15 is 0 Å². The van der Waals surface area contributed by atoms with Gasteiger partial charge in [-0.2, -0.15) is 0 Å². The van der Waals surface area contributed by atoms with Crippen molar-refractivity contribution in [2.24, 2.45) is 0 Å². The molecule has 0 aliphatic heterocycles. The molecule has 0 heterocycles. The Hall–Kier alpha value is -1.65. The first-order valence-corrected chi connectivity index (χ1v) is 5.49. The van der Waals surface area contributed by atoms with Gasteiger partial charge in [-0.05, 0) is 29.8 Å². The molecule has 1 N–H and O–H groups in total. The molecule has 2 nitrogen and oxygen atoms in total. The van der Waals surface area contributed by atoms with E-state index in [-0.39, 0.29) is 23.1 Å². The fourth-order valence-corrected chi connectivity index (χ4v) is 1.62. The molecule has 0 spiro atoms. The Kier molecular flexibility index (Phi) is 3.79. The molecular formula is C13H9ClF2O2. The van der Waals surface area contributed by atoms with Crippen LogP contribution in [0.25, 0.3) is 0 Å². The normalized spacial score (nSPS) is 10.4. The highest BCUT2D eigenvalue weighted by atomic mass is 35.5. The Morgan fingerprint density at radius 1 is 1.06 bits per heavy atom. The lowest BCUT2D eigenvalue weighted by atomic mass is 10.2. The summed E-state index contributed by atoms with van der Waals surface area (Å²) in [5, 5.41) is 8.86. The number of ether oxygens (including phenoxy) is 1. The molecule has 2 aromatic rings. The molecule has 0 aliphatic carbocycles. The molecule has 2 rings (SSSR count). The van der Waals surface area contributed by atoms with Gasteiger partial charge in [0.25, 0.3) is 0 Å². The lowest BCUT2D eigenvalue weighted by Gasteiger charge is -2.08. The van der Waals surface area contributed by atoms with Gasteiger partial charge in [-0.15, -0.1) is 0 Å². The zero-order valence-corrected chi connectivity index (χ0v) is 9.92. The van der Waals surface area contributed by atoms with Crippen LogP contribution in [0.15, 0.2) is 36.4 Å². The summed E-state index contributed by atoms with van der Waals surface area (Å²) in [7, 11) is 0. The summed E-state index contributed by atoms with van der Waals surface area (Å²) < 4.78 is 31.5. The number of aliphatic hydroxyl groups is 1. The van der Waals surface area contributed by atoms with Crippen molar-refractivity contribution in [2.75, 3.05) is 0 Å². The second kappa shape index (κ2) is 5.33. The molecule has 0 saturated heterocycles. The molecular weight excluding hydrogens is 262 g/mol. The van der Waals surface area contributed by atoms with Crippen LogP contribution in [-0.2, 0) is 6.61 Å². The Balaban J connectivity index is 2.27. The number of halogens is 3. The maximum Gasteiger partial charge on any atom is 0.142 e. The van der Waals surface area contributed by atoms with Crippen molar-refractivity contribution in [3.8, 4) is 11.5 Å². The first-order chi connectivity index (χ1) is 8.58. The molecule has 5 heteroatoms. The van der Waals surface area contributed by atoms with Gasteiger partial charge >= 0.3 is 0 Å². The van der Waals surface area contributed by atoms with Crippen LogP contribution in [-0.4, -0.2) is 5.11 Å². The van der Waals surface area contributed by atoms with Crippen LogP contribution in [0, 0.1) is 11.6 Å². The maximum atomic E-state index is 13.2. The summed E-state index contributed by atoms with van der Waals surface area (Å²) in [5.41, 5.74) is 0.387. The van der Waals surface area contributed by atoms with Gasteiger partial charge in [-0.25, -0.2) is 8.78 Å². The average molecular weight is 271 g/mol. The van der Waals surface area contributed by atoms with E-state index in [0.29, 0.717) is 5.56 Å². The third kappa shape index (κ3) is 2.97. The number of aliphatic hydroxyl groups excluding tert-OH is 1. The van der Waals surface area contributed by atoms with Crippen molar-refractivity contribution in [2.45, 2.75) is 6.61 Å². The molecule has 0 aromatic heterocycles. The Bertz CT molecular complexity index is 573. The lowest BCUT2D eigenvalue weighted by Crippen LogP contribution is -1.90. The summed E-state index contributed by atoms with van der Waals surface area (Å²) in [6.07, 6.45) is 0. The fraction of sp³-hybridized carbons (Fsp3) is 0.0769. The summed E-state index contributed by atoms with van der Waals surface area (Å²) in [6.45, 7) is -0.293. The van der Waals surface area contributed by atoms with Gasteiger partial charge < -0.3 is 9.84 Å². The van der Waals surface area contributed by atoms with Crippen LogP contribution in [0.5, 0.6) is 11.5 Å². The first-order valence-electron chi connectivity index (χ1n) is 5.12. The van der Waals surface area contributed by atoms with Gasteiger partial charge in [0, 0.05) is 12.1 Å². The van der Waals surface area contributed by atoms with Gasteiger partial charge in [0.1, 0.15) is 23.1 Å². The van der Waals surface area contributed by atoms with Crippen molar-refractivity contribution in [1.82, 2.24) is 0 Å². The highest BCUT2D eigenvalue weighted by Gasteiger charge is 2.05. The number of hydrogen-bond acceptors (Lipinski definition) is 2. The Labute approximate surface area is 107 Å². The van der Waals surface area contributed by atoms with Crippen molar-refractivity contribution in [3.05, 3.63) is 58.6 Å². The molecule has 0 atom stereocenters. The third-order valence-corrected chi connectivity index (χ3v) is 2.53. The van der Waals surface area contributed by atoms with Gasteiger partial charge in [-0.1, -0.05) is 11.6 Å². The summed E-state index contributed by atoms with van der Waals surface area (Å²) in [6, 6.07) is 7.68. The predicted octanol–water partition coefficient (Wildman–Crippen LogP) is 3.90. The second-order valence-electron chi connectivity index (χ2n) is 3.63. The molecule has 2 aromatic carbocycles. The SMILES string of the molecule is OCc1cc(F)cc(Oc2ccc(F)c(Cl)c2)c1. The van der Waals surface area contributed by atoms with E-state index in [4.69, 9.17) is 21.4 Å². The molecule has 0 bridgehead atoms. The van der Waals surface area contributed by atoms with Crippen LogP contribution < -0.4 is 4.74 Å². The lowest BCUT2D eigenvalue weighted by molar-refractivity contribution is 0.280. The van der Waals surface area contributed by atoms with E-state index < -0.39 is 11.6 Å². The number of benzene rings is 2. The van der Waals surface area contributed by atoms with Gasteiger partial charge in [0.2, 0.25) is 0 Å². The van der Waals surface area contributed by atoms with E-state index in [1.54, 1.807) is 0 Å². The molecule has 0 radical (unpaired) electrons. The van der Waals surface area contributed by atoms with E-state index in [2.05, 4.69) is 0 Å². The molecule has 18 heavy (non-hydrogen) atoms. The highest BCUT2D eigenvalue weighted by Crippen LogP contribution is 2.27. The zero-order valence-electron chi connectivity index (χ0n) is 9.16. The van der Waals surface area contributed by atoms with Crippen LogP contribution in [0.1, 0.15) is 5.56 Å². The van der Waals surface area contributed by atoms with E-state index in [1.165, 1.54) is 24.3 Å². The minimum absolute atomic E-state index is 0.0775. The monoisotopic (exact) mass is 270 g/mol. The van der Waals surface area contributed by atoms with Crippen LogP contribution in [0.2, 0.25) is 5.02 Å². The topological polar surface area (TPSA) is 29.5 Å². The third-order valence-electron chi connectivity index (χ3n) is 2.24. The maximum absolute atomic E-state index is 13.2. The largest absolute Gasteiger partial charge is 0.457 e. The van der Waals surface area contributed by atoms with Crippen LogP contribution in [0.4, 0.5) is 8.78 Å². The molecule has 94 valence electrons. The molecule has 0 amide bonds. The van der Waals surface area contributed by atoms with Crippen molar-refractivity contribution >= 4 is 11.6 Å². The van der Waals surface area contributed by atoms with Gasteiger partial charge in [0.05, 0.1) is 11.6 Å². The standard InChI is InChI=1S/C13H9ClF2O2/c14-12-6-10(1-2-13(12)16)18-11-4-8(7-17)3-9(15)5-11/h1-6,17H,7H2. The first kappa shape index (κ1) is 12.8.